The Kier molecular flexibility index (Phi) is 4.57. The van der Waals surface area contributed by atoms with E-state index in [-0.39, 0.29) is 11.9 Å². The maximum absolute atomic E-state index is 12.1. The third kappa shape index (κ3) is 3.54. The van der Waals surface area contributed by atoms with E-state index in [4.69, 9.17) is 0 Å². The predicted molar refractivity (Wildman–Crippen MR) is 86.6 cm³/mol. The van der Waals surface area contributed by atoms with Gasteiger partial charge in [0.05, 0.1) is 16.7 Å². The Morgan fingerprint density at radius 2 is 1.95 bits per heavy atom. The van der Waals surface area contributed by atoms with Gasteiger partial charge in [-0.15, -0.1) is 11.3 Å². The maximum atomic E-state index is 12.1. The SMILES string of the molecule is Cc1nc(C)c(C(C)NC(=O)c2ccc(I)cc2)s1. The van der Waals surface area contributed by atoms with Gasteiger partial charge in [0.1, 0.15) is 0 Å². The molecule has 0 radical (unpaired) electrons. The molecule has 1 heterocycles. The van der Waals surface area contributed by atoms with Crippen molar-refractivity contribution in [2.45, 2.75) is 26.8 Å². The second kappa shape index (κ2) is 6.00. The largest absolute Gasteiger partial charge is 0.345 e. The summed E-state index contributed by atoms with van der Waals surface area (Å²) in [6.07, 6.45) is 0. The first-order valence-electron chi connectivity index (χ1n) is 5.97. The summed E-state index contributed by atoms with van der Waals surface area (Å²) in [5.41, 5.74) is 1.68. The van der Waals surface area contributed by atoms with Crippen molar-refractivity contribution in [3.05, 3.63) is 49.0 Å². The van der Waals surface area contributed by atoms with E-state index in [9.17, 15) is 4.79 Å². The number of carbonyl (C=O) groups is 1. The van der Waals surface area contributed by atoms with Crippen LogP contribution >= 0.6 is 33.9 Å². The van der Waals surface area contributed by atoms with Crippen molar-refractivity contribution >= 4 is 39.8 Å². The first-order valence-corrected chi connectivity index (χ1v) is 7.87. The normalized spacial score (nSPS) is 12.2. The van der Waals surface area contributed by atoms with Crippen LogP contribution in [0.3, 0.4) is 0 Å². The Morgan fingerprint density at radius 1 is 1.32 bits per heavy atom. The number of thiazole rings is 1. The maximum Gasteiger partial charge on any atom is 0.251 e. The molecule has 1 N–H and O–H groups in total. The number of hydrogen-bond donors (Lipinski definition) is 1. The van der Waals surface area contributed by atoms with Crippen LogP contribution in [0.1, 0.15) is 38.9 Å². The predicted octanol–water partition coefficient (Wildman–Crippen LogP) is 3.86. The molecule has 0 saturated carbocycles. The van der Waals surface area contributed by atoms with Gasteiger partial charge in [-0.1, -0.05) is 0 Å². The van der Waals surface area contributed by atoms with Crippen molar-refractivity contribution in [3.8, 4) is 0 Å². The van der Waals surface area contributed by atoms with Crippen LogP contribution in [0, 0.1) is 17.4 Å². The smallest absolute Gasteiger partial charge is 0.251 e. The zero-order valence-corrected chi connectivity index (χ0v) is 14.0. The van der Waals surface area contributed by atoms with Crippen LogP contribution in [0.2, 0.25) is 0 Å². The Labute approximate surface area is 130 Å². The molecule has 1 aromatic carbocycles. The van der Waals surface area contributed by atoms with E-state index in [1.807, 2.05) is 45.0 Å². The van der Waals surface area contributed by atoms with Crippen molar-refractivity contribution in [2.75, 3.05) is 0 Å². The molecule has 100 valence electrons. The highest BCUT2D eigenvalue weighted by Gasteiger charge is 2.16. The van der Waals surface area contributed by atoms with Gasteiger partial charge in [-0.25, -0.2) is 4.98 Å². The van der Waals surface area contributed by atoms with Gasteiger partial charge in [0.2, 0.25) is 0 Å². The molecule has 0 spiro atoms. The summed E-state index contributed by atoms with van der Waals surface area (Å²) in [6.45, 7) is 5.95. The first-order chi connectivity index (χ1) is 8.97. The number of benzene rings is 1. The minimum Gasteiger partial charge on any atom is -0.345 e. The Morgan fingerprint density at radius 3 is 2.47 bits per heavy atom. The zero-order chi connectivity index (χ0) is 14.0. The van der Waals surface area contributed by atoms with E-state index >= 15 is 0 Å². The Hall–Kier alpha value is -0.950. The van der Waals surface area contributed by atoms with E-state index < -0.39 is 0 Å². The number of halogens is 1. The van der Waals surface area contributed by atoms with E-state index in [1.54, 1.807) is 11.3 Å². The van der Waals surface area contributed by atoms with Crippen LogP contribution in [-0.4, -0.2) is 10.9 Å². The van der Waals surface area contributed by atoms with Gasteiger partial charge in [-0.2, -0.15) is 0 Å². The third-order valence-corrected chi connectivity index (χ3v) is 4.76. The van der Waals surface area contributed by atoms with E-state index in [2.05, 4.69) is 32.9 Å². The van der Waals surface area contributed by atoms with Crippen molar-refractivity contribution in [1.82, 2.24) is 10.3 Å². The number of aromatic nitrogens is 1. The summed E-state index contributed by atoms with van der Waals surface area (Å²) in [4.78, 5) is 17.6. The lowest BCUT2D eigenvalue weighted by Gasteiger charge is -2.13. The number of amides is 1. The fraction of sp³-hybridized carbons (Fsp3) is 0.286. The van der Waals surface area contributed by atoms with Crippen LogP contribution in [-0.2, 0) is 0 Å². The molecule has 19 heavy (non-hydrogen) atoms. The van der Waals surface area contributed by atoms with Gasteiger partial charge in [0.15, 0.2) is 0 Å². The molecule has 1 atom stereocenters. The van der Waals surface area contributed by atoms with Crippen LogP contribution in [0.5, 0.6) is 0 Å². The lowest BCUT2D eigenvalue weighted by Crippen LogP contribution is -2.26. The molecule has 0 aliphatic heterocycles. The van der Waals surface area contributed by atoms with Crippen LogP contribution < -0.4 is 5.32 Å². The molecule has 3 nitrogen and oxygen atoms in total. The number of nitrogens with zero attached hydrogens (tertiary/aromatic N) is 1. The average Bonchev–Trinajstić information content (AvgIpc) is 2.69. The van der Waals surface area contributed by atoms with Gasteiger partial charge in [0, 0.05) is 14.0 Å². The number of rotatable bonds is 3. The van der Waals surface area contributed by atoms with E-state index in [0.717, 1.165) is 19.1 Å². The highest BCUT2D eigenvalue weighted by molar-refractivity contribution is 14.1. The second-order valence-corrected chi connectivity index (χ2v) is 6.86. The summed E-state index contributed by atoms with van der Waals surface area (Å²) < 4.78 is 1.12. The minimum atomic E-state index is -0.0469. The lowest BCUT2D eigenvalue weighted by molar-refractivity contribution is 0.0940. The van der Waals surface area contributed by atoms with Crippen molar-refractivity contribution in [1.29, 1.82) is 0 Å². The fourth-order valence-corrected chi connectivity index (χ4v) is 3.19. The van der Waals surface area contributed by atoms with Crippen LogP contribution in [0.25, 0.3) is 0 Å². The van der Waals surface area contributed by atoms with Gasteiger partial charge in [-0.3, -0.25) is 4.79 Å². The summed E-state index contributed by atoms with van der Waals surface area (Å²) in [6, 6.07) is 7.53. The van der Waals surface area contributed by atoms with E-state index in [1.165, 1.54) is 0 Å². The summed E-state index contributed by atoms with van der Waals surface area (Å²) in [5, 5.41) is 4.05. The first kappa shape index (κ1) is 14.5. The molecule has 1 aromatic heterocycles. The van der Waals surface area contributed by atoms with Gasteiger partial charge < -0.3 is 5.32 Å². The molecule has 0 fully saturated rings. The van der Waals surface area contributed by atoms with Crippen molar-refractivity contribution in [2.24, 2.45) is 0 Å². The molecule has 1 amide bonds. The number of hydrogen-bond acceptors (Lipinski definition) is 3. The summed E-state index contributed by atoms with van der Waals surface area (Å²) >= 11 is 3.86. The third-order valence-electron chi connectivity index (χ3n) is 2.79. The number of nitrogens with one attached hydrogen (secondary N) is 1. The van der Waals surface area contributed by atoms with Gasteiger partial charge >= 0.3 is 0 Å². The minimum absolute atomic E-state index is 0.0158. The molecule has 2 aromatic rings. The fourth-order valence-electron chi connectivity index (χ4n) is 1.90. The van der Waals surface area contributed by atoms with Crippen LogP contribution in [0.15, 0.2) is 24.3 Å². The Balaban J connectivity index is 2.10. The van der Waals surface area contributed by atoms with Crippen molar-refractivity contribution in [3.63, 3.8) is 0 Å². The molecule has 0 aliphatic rings. The zero-order valence-electron chi connectivity index (χ0n) is 11.0. The number of carbonyl (C=O) groups excluding carboxylic acids is 1. The molecule has 0 bridgehead atoms. The molecule has 1 unspecified atom stereocenters. The highest BCUT2D eigenvalue weighted by Crippen LogP contribution is 2.24. The lowest BCUT2D eigenvalue weighted by atomic mass is 10.2. The molecular formula is C14H15IN2OS. The average molecular weight is 386 g/mol. The topological polar surface area (TPSA) is 42.0 Å². The highest BCUT2D eigenvalue weighted by atomic mass is 127. The standard InChI is InChI=1S/C14H15IN2OS/c1-8-13(19-10(3)16-8)9(2)17-14(18)11-4-6-12(15)7-5-11/h4-7,9H,1-3H3,(H,17,18). The van der Waals surface area contributed by atoms with Crippen LogP contribution in [0.4, 0.5) is 0 Å². The monoisotopic (exact) mass is 386 g/mol. The quantitative estimate of drug-likeness (QED) is 0.815. The summed E-state index contributed by atoms with van der Waals surface area (Å²) in [7, 11) is 0. The Bertz CT molecular complexity index is 592. The molecule has 0 aliphatic carbocycles. The van der Waals surface area contributed by atoms with E-state index in [0.29, 0.717) is 5.56 Å². The number of aryl methyl sites for hydroxylation is 2. The molecular weight excluding hydrogens is 371 g/mol. The molecule has 5 heteroatoms. The summed E-state index contributed by atoms with van der Waals surface area (Å²) in [5.74, 6) is -0.0469. The van der Waals surface area contributed by atoms with Crippen molar-refractivity contribution < 1.29 is 4.79 Å². The van der Waals surface area contributed by atoms with Gasteiger partial charge in [0.25, 0.3) is 5.91 Å². The molecule has 2 rings (SSSR count). The second-order valence-electron chi connectivity index (χ2n) is 4.38. The molecule has 0 saturated heterocycles. The van der Waals surface area contributed by atoms with Gasteiger partial charge in [-0.05, 0) is 67.6 Å².